The molecule has 1 aliphatic heterocycles. The van der Waals surface area contributed by atoms with Gasteiger partial charge in [-0.1, -0.05) is 29.8 Å². The number of anilines is 1. The topological polar surface area (TPSA) is 139 Å². The van der Waals surface area contributed by atoms with E-state index in [4.69, 9.17) is 26.2 Å². The van der Waals surface area contributed by atoms with Gasteiger partial charge in [-0.15, -0.1) is 0 Å². The van der Waals surface area contributed by atoms with Crippen molar-refractivity contribution in [1.82, 2.24) is 0 Å². The Balaban J connectivity index is 1.39. The summed E-state index contributed by atoms with van der Waals surface area (Å²) in [6.45, 7) is 1.74. The van der Waals surface area contributed by atoms with Crippen molar-refractivity contribution in [1.29, 1.82) is 0 Å². The zero-order valence-corrected chi connectivity index (χ0v) is 25.3. The van der Waals surface area contributed by atoms with Gasteiger partial charge in [0.05, 0.1) is 30.6 Å². The lowest BCUT2D eigenvalue weighted by Gasteiger charge is -2.45. The van der Waals surface area contributed by atoms with Crippen molar-refractivity contribution in [3.63, 3.8) is 0 Å². The number of aromatic carboxylic acids is 1. The van der Waals surface area contributed by atoms with Crippen LogP contribution in [0.3, 0.4) is 0 Å². The van der Waals surface area contributed by atoms with Gasteiger partial charge in [0, 0.05) is 30.6 Å². The minimum absolute atomic E-state index is 0.0136. The third-order valence-electron chi connectivity index (χ3n) is 9.20. The molecule has 2 aromatic carbocycles. The molecule has 0 bridgehead atoms. The zero-order valence-electron chi connectivity index (χ0n) is 23.7. The molecule has 0 aromatic heterocycles. The van der Waals surface area contributed by atoms with Crippen LogP contribution >= 0.6 is 11.6 Å². The quantitative estimate of drug-likeness (QED) is 0.338. The van der Waals surface area contributed by atoms with Crippen LogP contribution in [0.5, 0.6) is 5.75 Å². The van der Waals surface area contributed by atoms with Gasteiger partial charge < -0.3 is 24.6 Å². The van der Waals surface area contributed by atoms with Crippen molar-refractivity contribution in [2.45, 2.75) is 55.3 Å². The number of benzene rings is 2. The first kappa shape index (κ1) is 30.8. The van der Waals surface area contributed by atoms with Gasteiger partial charge in [-0.3, -0.25) is 0 Å². The molecular weight excluding hydrogens is 580 g/mol. The number of nitrogens with two attached hydrogens (primary N) is 1. The summed E-state index contributed by atoms with van der Waals surface area (Å²) in [7, 11) is -2.35. The number of hydrogen-bond donors (Lipinski definition) is 3. The molecule has 1 heterocycles. The van der Waals surface area contributed by atoms with Crippen molar-refractivity contribution in [2.75, 3.05) is 38.3 Å². The second-order valence-corrected chi connectivity index (χ2v) is 14.2. The first-order valence-electron chi connectivity index (χ1n) is 14.4. The molecule has 5 atom stereocenters. The maximum Gasteiger partial charge on any atom is 0.335 e. The molecule has 1 fully saturated rings. The van der Waals surface area contributed by atoms with Crippen molar-refractivity contribution >= 4 is 33.3 Å². The molecule has 228 valence electrons. The van der Waals surface area contributed by atoms with Crippen LogP contribution in [0, 0.1) is 11.8 Å². The highest BCUT2D eigenvalue weighted by Crippen LogP contribution is 2.46. The summed E-state index contributed by atoms with van der Waals surface area (Å²) in [6, 6.07) is 11.1. The number of nitrogens with zero attached hydrogens (tertiary/aromatic N) is 1. The minimum atomic E-state index is -3.77. The third-order valence-corrected chi connectivity index (χ3v) is 10.7. The summed E-state index contributed by atoms with van der Waals surface area (Å²) in [5.41, 5.74) is 3.11. The molecule has 0 radical (unpaired) electrons. The summed E-state index contributed by atoms with van der Waals surface area (Å²) >= 11 is 6.35. The van der Waals surface area contributed by atoms with E-state index in [-0.39, 0.29) is 35.8 Å². The number of methoxy groups -OCH3 is 1. The van der Waals surface area contributed by atoms with Crippen LogP contribution in [0.15, 0.2) is 48.6 Å². The molecule has 1 saturated carbocycles. The molecule has 4 N–H and O–H groups in total. The molecule has 1 spiro atoms. The van der Waals surface area contributed by atoms with Gasteiger partial charge in [-0.25, -0.2) is 18.4 Å². The van der Waals surface area contributed by atoms with Crippen molar-refractivity contribution in [3.8, 4) is 5.75 Å². The fourth-order valence-electron chi connectivity index (χ4n) is 6.80. The zero-order chi connectivity index (χ0) is 30.1. The van der Waals surface area contributed by atoms with Crippen LogP contribution in [0.1, 0.15) is 53.6 Å². The number of carboxylic acids is 1. The van der Waals surface area contributed by atoms with E-state index in [9.17, 15) is 23.4 Å². The standard InChI is InChI=1S/C31H39ClN2O7S/c1-40-17-24(42(33,38)39)5-2-6-28(35)25-10-7-22(25)16-34-18-31(13-3-4-20-14-23(32)9-11-26(20)31)19-41-29-12-8-21(30(36)37)15-27(29)34/h2,6,8-9,11-12,14-15,22,24-25,28,35H,3-5,7,10,13,16-19H2,1H3,(H,36,37)(H2,33,38,39)/b6-2+/t22-,24+,25+,28-,31?/m0/s1. The number of halogens is 1. The van der Waals surface area contributed by atoms with Gasteiger partial charge in [0.25, 0.3) is 0 Å². The van der Waals surface area contributed by atoms with Crippen LogP contribution in [-0.4, -0.2) is 69.4 Å². The first-order chi connectivity index (χ1) is 20.0. The molecule has 2 aliphatic carbocycles. The smallest absolute Gasteiger partial charge is 0.335 e. The van der Waals surface area contributed by atoms with E-state index in [2.05, 4.69) is 11.0 Å². The summed E-state index contributed by atoms with van der Waals surface area (Å²) < 4.78 is 35.1. The van der Waals surface area contributed by atoms with Gasteiger partial charge in [0.15, 0.2) is 0 Å². The second-order valence-electron chi connectivity index (χ2n) is 11.9. The number of primary sulfonamides is 1. The normalized spacial score (nSPS) is 25.2. The lowest BCUT2D eigenvalue weighted by Crippen LogP contribution is -2.49. The van der Waals surface area contributed by atoms with Crippen LogP contribution in [0.2, 0.25) is 5.02 Å². The number of aliphatic hydroxyl groups excluding tert-OH is 1. The Kier molecular flexibility index (Phi) is 9.20. The molecule has 9 nitrogen and oxygen atoms in total. The van der Waals surface area contributed by atoms with E-state index >= 15 is 0 Å². The highest BCUT2D eigenvalue weighted by atomic mass is 35.5. The number of carboxylic acid groups (broad SMARTS) is 1. The molecular formula is C31H39ClN2O7S. The number of aliphatic hydroxyl groups is 1. The van der Waals surface area contributed by atoms with Crippen LogP contribution < -0.4 is 14.8 Å². The van der Waals surface area contributed by atoms with Crippen molar-refractivity contribution < 1.29 is 32.9 Å². The minimum Gasteiger partial charge on any atom is -0.490 e. The Hall–Kier alpha value is -2.63. The monoisotopic (exact) mass is 618 g/mol. The summed E-state index contributed by atoms with van der Waals surface area (Å²) in [6.07, 6.45) is 7.39. The SMILES string of the molecule is COC[C@@H](C/C=C/[C@H](O)[C@@H]1CC[C@H]1CN1CC2(CCCc3cc(Cl)ccc32)COc2ccc(C(=O)O)cc21)S(N)(=O)=O. The number of allylic oxidation sites excluding steroid dienone is 1. The van der Waals surface area contributed by atoms with Crippen LogP contribution in [0.4, 0.5) is 5.69 Å². The van der Waals surface area contributed by atoms with Crippen LogP contribution in [0.25, 0.3) is 0 Å². The van der Waals surface area contributed by atoms with E-state index in [1.54, 1.807) is 30.4 Å². The summed E-state index contributed by atoms with van der Waals surface area (Å²) in [5.74, 6) is -0.202. The number of carbonyl (C=O) groups is 1. The molecule has 5 rings (SSSR count). The fourth-order valence-corrected chi connectivity index (χ4v) is 7.70. The summed E-state index contributed by atoms with van der Waals surface area (Å²) in [4.78, 5) is 14.1. The van der Waals surface area contributed by atoms with Gasteiger partial charge in [0.1, 0.15) is 11.0 Å². The predicted molar refractivity (Wildman–Crippen MR) is 162 cm³/mol. The maximum absolute atomic E-state index is 11.9. The fraction of sp³-hybridized carbons (Fsp3) is 0.516. The van der Waals surface area contributed by atoms with Gasteiger partial charge in [0.2, 0.25) is 10.0 Å². The Morgan fingerprint density at radius 2 is 2.10 bits per heavy atom. The average molecular weight is 619 g/mol. The van der Waals surface area contributed by atoms with Crippen molar-refractivity contribution in [2.24, 2.45) is 17.0 Å². The largest absolute Gasteiger partial charge is 0.490 e. The van der Waals surface area contributed by atoms with E-state index in [1.165, 1.54) is 18.2 Å². The highest BCUT2D eigenvalue weighted by molar-refractivity contribution is 7.89. The lowest BCUT2D eigenvalue weighted by molar-refractivity contribution is 0.0456. The maximum atomic E-state index is 11.9. The molecule has 42 heavy (non-hydrogen) atoms. The van der Waals surface area contributed by atoms with E-state index in [1.807, 2.05) is 12.1 Å². The molecule has 1 unspecified atom stereocenters. The number of sulfonamides is 1. The number of hydrogen-bond acceptors (Lipinski definition) is 7. The molecule has 0 amide bonds. The van der Waals surface area contributed by atoms with Gasteiger partial charge in [-0.2, -0.15) is 0 Å². The Bertz CT molecular complexity index is 1450. The van der Waals surface area contributed by atoms with Gasteiger partial charge >= 0.3 is 5.97 Å². The van der Waals surface area contributed by atoms with Crippen molar-refractivity contribution in [3.05, 3.63) is 70.3 Å². The molecule has 0 saturated heterocycles. The molecule has 3 aliphatic rings. The highest BCUT2D eigenvalue weighted by Gasteiger charge is 2.44. The second kappa shape index (κ2) is 12.5. The number of rotatable bonds is 10. The Morgan fingerprint density at radius 3 is 2.79 bits per heavy atom. The molecule has 2 aromatic rings. The van der Waals surface area contributed by atoms with E-state index in [0.29, 0.717) is 30.5 Å². The first-order valence-corrected chi connectivity index (χ1v) is 16.4. The predicted octanol–water partition coefficient (Wildman–Crippen LogP) is 4.15. The number of ether oxygens (including phenoxy) is 2. The Morgan fingerprint density at radius 1 is 1.29 bits per heavy atom. The summed E-state index contributed by atoms with van der Waals surface area (Å²) in [5, 5.41) is 25.9. The van der Waals surface area contributed by atoms with Crippen LogP contribution in [-0.2, 0) is 26.6 Å². The van der Waals surface area contributed by atoms with E-state index < -0.39 is 27.3 Å². The number of fused-ring (bicyclic) bond motifs is 3. The Labute approximate surface area is 252 Å². The third kappa shape index (κ3) is 6.48. The average Bonchev–Trinajstić information content (AvgIpc) is 3.07. The number of aryl methyl sites for hydroxylation is 1. The van der Waals surface area contributed by atoms with Gasteiger partial charge in [-0.05, 0) is 91.8 Å². The lowest BCUT2D eigenvalue weighted by atomic mass is 9.68. The van der Waals surface area contributed by atoms with E-state index in [0.717, 1.165) is 37.8 Å². The molecule has 11 heteroatoms.